The molecule has 0 aromatic heterocycles. The van der Waals surface area contributed by atoms with Crippen LogP contribution in [0.2, 0.25) is 0 Å². The molecule has 2 heterocycles. The van der Waals surface area contributed by atoms with Crippen LogP contribution in [-0.4, -0.2) is 66.2 Å². The minimum absolute atomic E-state index is 0.0997. The summed E-state index contributed by atoms with van der Waals surface area (Å²) < 4.78 is 11.3. The second-order valence-corrected chi connectivity index (χ2v) is 10.5. The van der Waals surface area contributed by atoms with Crippen LogP contribution in [0, 0.1) is 17.2 Å². The summed E-state index contributed by atoms with van der Waals surface area (Å²) >= 11 is 0. The summed E-state index contributed by atoms with van der Waals surface area (Å²) in [5, 5.41) is 9.24. The van der Waals surface area contributed by atoms with Crippen LogP contribution >= 0.6 is 0 Å². The van der Waals surface area contributed by atoms with E-state index in [1.165, 1.54) is 0 Å². The molecule has 4 rings (SSSR count). The first kappa shape index (κ1) is 27.5. The number of hydrogen-bond donors (Lipinski definition) is 1. The fraction of sp³-hybridized carbons (Fsp3) is 0.500. The molecule has 2 aromatic carbocycles. The standard InChI is InChI=1S/C30H38N4O4/c1-21(2)38-30(36)33-16-13-23(14-17-33)20-37-27-11-9-25(10-12-27)24-7-5-22(6-8-24)18-28(32)29(35)34-15-3-4-26(34)19-31/h5-12,21,23,26,28H,3-4,13-18,20,32H2,1-2H3/t26-,28-/m0/s1. The highest BCUT2D eigenvalue weighted by Gasteiger charge is 2.31. The Bertz CT molecular complexity index is 1120. The highest BCUT2D eigenvalue weighted by Crippen LogP contribution is 2.25. The minimum atomic E-state index is -0.646. The zero-order valence-electron chi connectivity index (χ0n) is 22.3. The lowest BCUT2D eigenvalue weighted by molar-refractivity contribution is -0.132. The first-order valence-corrected chi connectivity index (χ1v) is 13.6. The van der Waals surface area contributed by atoms with E-state index >= 15 is 0 Å². The molecule has 2 saturated heterocycles. The van der Waals surface area contributed by atoms with E-state index < -0.39 is 6.04 Å². The number of nitriles is 1. The third-order valence-electron chi connectivity index (χ3n) is 7.29. The van der Waals surface area contributed by atoms with Crippen LogP contribution in [0.5, 0.6) is 5.75 Å². The monoisotopic (exact) mass is 518 g/mol. The molecule has 0 unspecified atom stereocenters. The maximum Gasteiger partial charge on any atom is 0.410 e. The Hall–Kier alpha value is -3.57. The molecule has 2 aromatic rings. The van der Waals surface area contributed by atoms with E-state index in [-0.39, 0.29) is 24.1 Å². The van der Waals surface area contributed by atoms with E-state index in [4.69, 9.17) is 15.2 Å². The molecule has 2 amide bonds. The predicted molar refractivity (Wildman–Crippen MR) is 145 cm³/mol. The molecular formula is C30H38N4O4. The average molecular weight is 519 g/mol. The number of amides is 2. The number of rotatable bonds is 8. The molecule has 0 saturated carbocycles. The van der Waals surface area contributed by atoms with Gasteiger partial charge in [0.2, 0.25) is 5.91 Å². The van der Waals surface area contributed by atoms with Crippen LogP contribution in [0.3, 0.4) is 0 Å². The Morgan fingerprint density at radius 2 is 1.63 bits per heavy atom. The molecule has 2 atom stereocenters. The molecule has 2 N–H and O–H groups in total. The Kier molecular flexibility index (Phi) is 9.24. The van der Waals surface area contributed by atoms with Crippen LogP contribution in [0.25, 0.3) is 11.1 Å². The number of nitrogens with two attached hydrogens (primary N) is 1. The van der Waals surface area contributed by atoms with Gasteiger partial charge in [-0.15, -0.1) is 0 Å². The Balaban J connectivity index is 1.23. The largest absolute Gasteiger partial charge is 0.493 e. The number of likely N-dealkylation sites (tertiary alicyclic amines) is 2. The molecule has 2 aliphatic rings. The number of nitrogens with zero attached hydrogens (tertiary/aromatic N) is 3. The van der Waals surface area contributed by atoms with Crippen molar-refractivity contribution in [2.24, 2.45) is 11.7 Å². The summed E-state index contributed by atoms with van der Waals surface area (Å²) in [6.07, 6.45) is 3.51. The zero-order chi connectivity index (χ0) is 27.1. The molecule has 2 fully saturated rings. The van der Waals surface area contributed by atoms with Gasteiger partial charge in [-0.3, -0.25) is 4.79 Å². The second kappa shape index (κ2) is 12.8. The van der Waals surface area contributed by atoms with Crippen LogP contribution in [-0.2, 0) is 16.0 Å². The minimum Gasteiger partial charge on any atom is -0.493 e. The van der Waals surface area contributed by atoms with E-state index in [1.807, 2.05) is 62.4 Å². The molecule has 2 aliphatic heterocycles. The first-order chi connectivity index (χ1) is 18.3. The maximum atomic E-state index is 12.7. The number of carbonyl (C=O) groups is 2. The van der Waals surface area contributed by atoms with Crippen molar-refractivity contribution >= 4 is 12.0 Å². The van der Waals surface area contributed by atoms with E-state index in [0.29, 0.717) is 38.6 Å². The summed E-state index contributed by atoms with van der Waals surface area (Å²) in [6.45, 7) is 6.37. The fourth-order valence-corrected chi connectivity index (χ4v) is 5.07. The van der Waals surface area contributed by atoms with Gasteiger partial charge in [-0.1, -0.05) is 36.4 Å². The van der Waals surface area contributed by atoms with Gasteiger partial charge in [-0.2, -0.15) is 5.26 Å². The third kappa shape index (κ3) is 7.05. The lowest BCUT2D eigenvalue weighted by Crippen LogP contribution is -2.46. The van der Waals surface area contributed by atoms with Crippen molar-refractivity contribution in [3.63, 3.8) is 0 Å². The van der Waals surface area contributed by atoms with Crippen molar-refractivity contribution in [1.29, 1.82) is 5.26 Å². The lowest BCUT2D eigenvalue weighted by Gasteiger charge is -2.31. The van der Waals surface area contributed by atoms with Crippen molar-refractivity contribution in [2.75, 3.05) is 26.2 Å². The molecule has 8 nitrogen and oxygen atoms in total. The quantitative estimate of drug-likeness (QED) is 0.556. The van der Waals surface area contributed by atoms with Crippen LogP contribution in [0.15, 0.2) is 48.5 Å². The average Bonchev–Trinajstić information content (AvgIpc) is 3.41. The predicted octanol–water partition coefficient (Wildman–Crippen LogP) is 4.37. The van der Waals surface area contributed by atoms with Crippen LogP contribution in [0.4, 0.5) is 4.79 Å². The summed E-state index contributed by atoms with van der Waals surface area (Å²) in [7, 11) is 0. The van der Waals surface area contributed by atoms with Crippen molar-refractivity contribution in [2.45, 2.75) is 64.1 Å². The maximum absolute atomic E-state index is 12.7. The number of ether oxygens (including phenoxy) is 2. The topological polar surface area (TPSA) is 109 Å². The van der Waals surface area contributed by atoms with Gasteiger partial charge in [0.1, 0.15) is 11.8 Å². The van der Waals surface area contributed by atoms with Gasteiger partial charge in [0.25, 0.3) is 0 Å². The van der Waals surface area contributed by atoms with Crippen LogP contribution < -0.4 is 10.5 Å². The van der Waals surface area contributed by atoms with E-state index in [1.54, 1.807) is 9.80 Å². The van der Waals surface area contributed by atoms with Crippen LogP contribution in [0.1, 0.15) is 45.1 Å². The zero-order valence-corrected chi connectivity index (χ0v) is 22.3. The molecule has 0 radical (unpaired) electrons. The van der Waals surface area contributed by atoms with E-state index in [0.717, 1.165) is 48.1 Å². The first-order valence-electron chi connectivity index (χ1n) is 13.6. The van der Waals surface area contributed by atoms with Gasteiger partial charge in [0, 0.05) is 19.6 Å². The van der Waals surface area contributed by atoms with Crippen molar-refractivity contribution in [3.05, 3.63) is 54.1 Å². The number of carbonyl (C=O) groups excluding carboxylic acids is 2. The van der Waals surface area contributed by atoms with Gasteiger partial charge in [-0.05, 0) is 80.7 Å². The summed E-state index contributed by atoms with van der Waals surface area (Å²) in [4.78, 5) is 28.1. The molecule has 0 aliphatic carbocycles. The normalized spacial score (nSPS) is 18.8. The molecule has 8 heteroatoms. The number of piperidine rings is 1. The Labute approximate surface area is 225 Å². The lowest BCUT2D eigenvalue weighted by atomic mass is 9.98. The SMILES string of the molecule is CC(C)OC(=O)N1CCC(COc2ccc(-c3ccc(C[C@H](N)C(=O)N4CCC[C@H]4C#N)cc3)cc2)CC1. The van der Waals surface area contributed by atoms with Gasteiger partial charge in [0.05, 0.1) is 24.8 Å². The van der Waals surface area contributed by atoms with Gasteiger partial charge >= 0.3 is 6.09 Å². The molecule has 0 spiro atoms. The fourth-order valence-electron chi connectivity index (χ4n) is 5.07. The van der Waals surface area contributed by atoms with E-state index in [9.17, 15) is 14.9 Å². The number of hydrogen-bond acceptors (Lipinski definition) is 6. The van der Waals surface area contributed by atoms with Gasteiger partial charge in [0.15, 0.2) is 0 Å². The molecule has 38 heavy (non-hydrogen) atoms. The second-order valence-electron chi connectivity index (χ2n) is 10.5. The molecular weight excluding hydrogens is 480 g/mol. The highest BCUT2D eigenvalue weighted by molar-refractivity contribution is 5.83. The van der Waals surface area contributed by atoms with Crippen molar-refractivity contribution in [1.82, 2.24) is 9.80 Å². The number of benzene rings is 2. The highest BCUT2D eigenvalue weighted by atomic mass is 16.6. The van der Waals surface area contributed by atoms with E-state index in [2.05, 4.69) is 6.07 Å². The smallest absolute Gasteiger partial charge is 0.410 e. The Morgan fingerprint density at radius 1 is 1.00 bits per heavy atom. The Morgan fingerprint density at radius 3 is 2.24 bits per heavy atom. The van der Waals surface area contributed by atoms with Gasteiger partial charge < -0.3 is 25.0 Å². The van der Waals surface area contributed by atoms with Crippen molar-refractivity contribution < 1.29 is 19.1 Å². The molecule has 0 bridgehead atoms. The molecule has 202 valence electrons. The summed E-state index contributed by atoms with van der Waals surface area (Å²) in [5.41, 5.74) is 9.34. The summed E-state index contributed by atoms with van der Waals surface area (Å²) in [6, 6.07) is 17.3. The van der Waals surface area contributed by atoms with Crippen molar-refractivity contribution in [3.8, 4) is 22.9 Å². The van der Waals surface area contributed by atoms with Gasteiger partial charge in [-0.25, -0.2) is 4.79 Å². The third-order valence-corrected chi connectivity index (χ3v) is 7.29. The summed E-state index contributed by atoms with van der Waals surface area (Å²) in [5.74, 6) is 1.10.